The largest absolute Gasteiger partial charge is 0.379 e. The zero-order valence-electron chi connectivity index (χ0n) is 8.51. The van der Waals surface area contributed by atoms with Crippen LogP contribution in [-0.2, 0) is 6.54 Å². The summed E-state index contributed by atoms with van der Waals surface area (Å²) in [6, 6.07) is 5.77. The van der Waals surface area contributed by atoms with E-state index in [1.54, 1.807) is 12.4 Å². The number of nitrogens with zero attached hydrogens (tertiary/aromatic N) is 3. The molecule has 0 spiro atoms. The lowest BCUT2D eigenvalue weighted by Gasteiger charge is -2.07. The lowest BCUT2D eigenvalue weighted by molar-refractivity contribution is 0.923. The zero-order chi connectivity index (χ0) is 10.5. The van der Waals surface area contributed by atoms with Gasteiger partial charge in [-0.15, -0.1) is 0 Å². The number of aryl methyl sites for hydroxylation is 1. The normalized spacial score (nSPS) is 9.93. The van der Waals surface area contributed by atoms with Crippen molar-refractivity contribution in [3.63, 3.8) is 0 Å². The Balaban J connectivity index is 2.03. The molecule has 0 bridgehead atoms. The molecule has 76 valence electrons. The van der Waals surface area contributed by atoms with E-state index in [4.69, 9.17) is 0 Å². The third kappa shape index (κ3) is 2.49. The SMILES string of the molecule is Cc1cnccc1NCc1cccnn1. The topological polar surface area (TPSA) is 50.7 Å². The summed E-state index contributed by atoms with van der Waals surface area (Å²) in [5.74, 6) is 0. The van der Waals surface area contributed by atoms with Gasteiger partial charge >= 0.3 is 0 Å². The van der Waals surface area contributed by atoms with Crippen molar-refractivity contribution in [3.8, 4) is 0 Å². The second kappa shape index (κ2) is 4.50. The van der Waals surface area contributed by atoms with Crippen molar-refractivity contribution in [1.82, 2.24) is 15.2 Å². The molecule has 2 aromatic rings. The predicted octanol–water partition coefficient (Wildman–Crippen LogP) is 1.79. The molecule has 2 aromatic heterocycles. The lowest BCUT2D eigenvalue weighted by atomic mass is 10.2. The van der Waals surface area contributed by atoms with Gasteiger partial charge in [0, 0.05) is 24.3 Å². The van der Waals surface area contributed by atoms with E-state index in [1.807, 2.05) is 31.3 Å². The molecule has 0 atom stereocenters. The molecule has 2 rings (SSSR count). The first-order chi connectivity index (χ1) is 7.36. The Morgan fingerprint density at radius 1 is 1.27 bits per heavy atom. The summed E-state index contributed by atoms with van der Waals surface area (Å²) in [4.78, 5) is 4.03. The van der Waals surface area contributed by atoms with Crippen molar-refractivity contribution in [2.24, 2.45) is 0 Å². The smallest absolute Gasteiger partial charge is 0.0821 e. The van der Waals surface area contributed by atoms with Gasteiger partial charge in [0.15, 0.2) is 0 Å². The van der Waals surface area contributed by atoms with Crippen LogP contribution in [0.3, 0.4) is 0 Å². The van der Waals surface area contributed by atoms with Crippen molar-refractivity contribution < 1.29 is 0 Å². The Morgan fingerprint density at radius 3 is 2.93 bits per heavy atom. The van der Waals surface area contributed by atoms with E-state index in [0.29, 0.717) is 6.54 Å². The first-order valence-electron chi connectivity index (χ1n) is 4.77. The van der Waals surface area contributed by atoms with Gasteiger partial charge in [0.1, 0.15) is 0 Å². The fourth-order valence-corrected chi connectivity index (χ4v) is 1.29. The molecule has 4 heteroatoms. The van der Waals surface area contributed by atoms with Gasteiger partial charge in [-0.25, -0.2) is 0 Å². The summed E-state index contributed by atoms with van der Waals surface area (Å²) in [6.45, 7) is 2.70. The van der Waals surface area contributed by atoms with Gasteiger partial charge < -0.3 is 5.32 Å². The van der Waals surface area contributed by atoms with Crippen LogP contribution in [0.25, 0.3) is 0 Å². The van der Waals surface area contributed by atoms with Gasteiger partial charge in [0.05, 0.1) is 12.2 Å². The highest BCUT2D eigenvalue weighted by Crippen LogP contribution is 2.12. The molecule has 0 amide bonds. The Hall–Kier alpha value is -1.97. The van der Waals surface area contributed by atoms with Gasteiger partial charge in [-0.05, 0) is 30.7 Å². The molecule has 0 radical (unpaired) electrons. The number of hydrogen-bond acceptors (Lipinski definition) is 4. The van der Waals surface area contributed by atoms with Crippen LogP contribution in [0.2, 0.25) is 0 Å². The lowest BCUT2D eigenvalue weighted by Crippen LogP contribution is -2.03. The van der Waals surface area contributed by atoms with Crippen molar-refractivity contribution in [1.29, 1.82) is 0 Å². The summed E-state index contributed by atoms with van der Waals surface area (Å²) in [5.41, 5.74) is 3.13. The van der Waals surface area contributed by atoms with E-state index in [2.05, 4.69) is 20.5 Å². The van der Waals surface area contributed by atoms with Crippen LogP contribution in [0.1, 0.15) is 11.3 Å². The zero-order valence-corrected chi connectivity index (χ0v) is 8.51. The Labute approximate surface area is 88.4 Å². The van der Waals surface area contributed by atoms with Gasteiger partial charge in [-0.2, -0.15) is 10.2 Å². The maximum absolute atomic E-state index is 4.03. The molecule has 0 aliphatic carbocycles. The van der Waals surface area contributed by atoms with Crippen molar-refractivity contribution >= 4 is 5.69 Å². The minimum absolute atomic E-state index is 0.679. The van der Waals surface area contributed by atoms with Crippen LogP contribution >= 0.6 is 0 Å². The summed E-state index contributed by atoms with van der Waals surface area (Å²) < 4.78 is 0. The summed E-state index contributed by atoms with van der Waals surface area (Å²) in [7, 11) is 0. The summed E-state index contributed by atoms with van der Waals surface area (Å²) in [5, 5.41) is 11.1. The highest BCUT2D eigenvalue weighted by molar-refractivity contribution is 5.48. The van der Waals surface area contributed by atoms with Crippen LogP contribution in [-0.4, -0.2) is 15.2 Å². The van der Waals surface area contributed by atoms with E-state index in [9.17, 15) is 0 Å². The third-order valence-electron chi connectivity index (χ3n) is 2.11. The fraction of sp³-hybridized carbons (Fsp3) is 0.182. The van der Waals surface area contributed by atoms with E-state index >= 15 is 0 Å². The number of nitrogens with one attached hydrogen (secondary N) is 1. The monoisotopic (exact) mass is 200 g/mol. The molecule has 15 heavy (non-hydrogen) atoms. The van der Waals surface area contributed by atoms with Crippen LogP contribution in [0.15, 0.2) is 36.8 Å². The molecule has 0 saturated carbocycles. The Morgan fingerprint density at radius 2 is 2.20 bits per heavy atom. The second-order valence-electron chi connectivity index (χ2n) is 3.26. The van der Waals surface area contributed by atoms with E-state index in [0.717, 1.165) is 16.9 Å². The maximum Gasteiger partial charge on any atom is 0.0821 e. The molecule has 0 aliphatic rings. The molecular formula is C11H12N4. The number of pyridine rings is 1. The minimum Gasteiger partial charge on any atom is -0.379 e. The number of anilines is 1. The molecule has 0 aliphatic heterocycles. The molecule has 0 unspecified atom stereocenters. The maximum atomic E-state index is 4.03. The van der Waals surface area contributed by atoms with Gasteiger partial charge in [-0.1, -0.05) is 0 Å². The third-order valence-corrected chi connectivity index (χ3v) is 2.11. The van der Waals surface area contributed by atoms with Gasteiger partial charge in [0.2, 0.25) is 0 Å². The molecule has 4 nitrogen and oxygen atoms in total. The van der Waals surface area contributed by atoms with E-state index in [-0.39, 0.29) is 0 Å². The predicted molar refractivity (Wildman–Crippen MR) is 58.3 cm³/mol. The fourth-order valence-electron chi connectivity index (χ4n) is 1.29. The van der Waals surface area contributed by atoms with Gasteiger partial charge in [-0.3, -0.25) is 4.98 Å². The molecule has 0 aromatic carbocycles. The molecule has 1 N–H and O–H groups in total. The van der Waals surface area contributed by atoms with Crippen molar-refractivity contribution in [3.05, 3.63) is 48.0 Å². The summed E-state index contributed by atoms with van der Waals surface area (Å²) >= 11 is 0. The average molecular weight is 200 g/mol. The number of rotatable bonds is 3. The van der Waals surface area contributed by atoms with Gasteiger partial charge in [0.25, 0.3) is 0 Å². The molecule has 0 saturated heterocycles. The van der Waals surface area contributed by atoms with Crippen LogP contribution in [0, 0.1) is 6.92 Å². The van der Waals surface area contributed by atoms with Crippen molar-refractivity contribution in [2.45, 2.75) is 13.5 Å². The first kappa shape index (κ1) is 9.58. The Bertz CT molecular complexity index is 428. The Kier molecular flexibility index (Phi) is 2.88. The van der Waals surface area contributed by atoms with Crippen LogP contribution < -0.4 is 5.32 Å². The number of hydrogen-bond donors (Lipinski definition) is 1. The second-order valence-corrected chi connectivity index (χ2v) is 3.26. The average Bonchev–Trinajstić information content (AvgIpc) is 2.29. The van der Waals surface area contributed by atoms with Crippen LogP contribution in [0.4, 0.5) is 5.69 Å². The number of aromatic nitrogens is 3. The van der Waals surface area contributed by atoms with Crippen LogP contribution in [0.5, 0.6) is 0 Å². The van der Waals surface area contributed by atoms with E-state index < -0.39 is 0 Å². The van der Waals surface area contributed by atoms with Crippen molar-refractivity contribution in [2.75, 3.05) is 5.32 Å². The summed E-state index contributed by atoms with van der Waals surface area (Å²) in [6.07, 6.45) is 5.27. The molecular weight excluding hydrogens is 188 g/mol. The minimum atomic E-state index is 0.679. The highest BCUT2D eigenvalue weighted by atomic mass is 15.1. The first-order valence-corrected chi connectivity index (χ1v) is 4.77. The highest BCUT2D eigenvalue weighted by Gasteiger charge is 1.97. The molecule has 2 heterocycles. The quantitative estimate of drug-likeness (QED) is 0.820. The standard InChI is InChI=1S/C11H12N4/c1-9-7-12-6-4-11(9)13-8-10-3-2-5-14-15-10/h2-7H,8H2,1H3,(H,12,13). The van der Waals surface area contributed by atoms with E-state index in [1.165, 1.54) is 0 Å². The molecule has 0 fully saturated rings.